The highest BCUT2D eigenvalue weighted by Gasteiger charge is 2.43. The lowest BCUT2D eigenvalue weighted by atomic mass is 9.84. The van der Waals surface area contributed by atoms with E-state index in [9.17, 15) is 37.1 Å². The van der Waals surface area contributed by atoms with Gasteiger partial charge in [-0.05, 0) is 101 Å². The number of methoxy groups -OCH3 is 1. The van der Waals surface area contributed by atoms with Crippen LogP contribution < -0.4 is 10.7 Å². The molecule has 7 rings (SSSR count). The van der Waals surface area contributed by atoms with Crippen LogP contribution in [0.4, 0.5) is 13.2 Å². The Morgan fingerprint density at radius 1 is 1.11 bits per heavy atom. The van der Waals surface area contributed by atoms with E-state index in [4.69, 9.17) is 13.9 Å². The third-order valence-corrected chi connectivity index (χ3v) is 14.9. The fourth-order valence-corrected chi connectivity index (χ4v) is 10.7. The number of rotatable bonds is 13. The SMILES string of the molecule is C=C/C(=C(\N=CC)[C@H](C)OC)c1c2c3cc(ccc3n1CC(F)(F)F)-c1nnc(o1)C[C@H](NC(=O)[C@H](C(C)C)N(C)C(=O)[C@H]1CCN(C(=O)C#CC(C)(C)N3CCC3)C1)C(=O)N1CCC[C@](C=O)(COCC(C)(C)C2)N1. The lowest BCUT2D eigenvalue weighted by Gasteiger charge is -2.42. The third-order valence-electron chi connectivity index (χ3n) is 14.9. The number of aliphatic imine (C=N–C) groups is 1. The van der Waals surface area contributed by atoms with Gasteiger partial charge in [0.1, 0.15) is 30.5 Å². The van der Waals surface area contributed by atoms with E-state index >= 15 is 0 Å². The number of halogens is 3. The molecule has 2 N–H and O–H groups in total. The van der Waals surface area contributed by atoms with Gasteiger partial charge in [-0.1, -0.05) is 46.3 Å². The van der Waals surface area contributed by atoms with E-state index in [1.165, 1.54) is 34.7 Å². The summed E-state index contributed by atoms with van der Waals surface area (Å²) >= 11 is 0. The fourth-order valence-electron chi connectivity index (χ4n) is 10.7. The van der Waals surface area contributed by atoms with Gasteiger partial charge in [-0.15, -0.1) is 10.2 Å². The highest BCUT2D eigenvalue weighted by molar-refractivity contribution is 5.97. The lowest BCUT2D eigenvalue weighted by molar-refractivity contribution is -0.149. The summed E-state index contributed by atoms with van der Waals surface area (Å²) in [5.41, 5.74) is 2.58. The number of hydrazine groups is 1. The molecule has 2 aromatic heterocycles. The van der Waals surface area contributed by atoms with E-state index in [-0.39, 0.29) is 74.0 Å². The van der Waals surface area contributed by atoms with E-state index in [1.807, 2.05) is 27.7 Å². The Labute approximate surface area is 442 Å². The van der Waals surface area contributed by atoms with Crippen LogP contribution in [0.2, 0.25) is 0 Å². The number of alkyl halides is 3. The van der Waals surface area contributed by atoms with E-state index in [0.29, 0.717) is 59.9 Å². The molecule has 0 unspecified atom stereocenters. The molecule has 3 aromatic rings. The summed E-state index contributed by atoms with van der Waals surface area (Å²) in [6, 6.07) is 2.40. The van der Waals surface area contributed by atoms with Gasteiger partial charge in [-0.2, -0.15) is 13.2 Å². The number of benzene rings is 1. The molecule has 76 heavy (non-hydrogen) atoms. The average Bonchev–Trinajstić information content (AvgIpc) is 4.10. The van der Waals surface area contributed by atoms with Crippen LogP contribution in [0.3, 0.4) is 0 Å². The molecule has 18 nitrogen and oxygen atoms in total. The highest BCUT2D eigenvalue weighted by Crippen LogP contribution is 2.41. The second kappa shape index (κ2) is 23.2. The van der Waals surface area contributed by atoms with Gasteiger partial charge >= 0.3 is 6.18 Å². The van der Waals surface area contributed by atoms with Crippen LogP contribution in [0.1, 0.15) is 98.2 Å². The van der Waals surface area contributed by atoms with Gasteiger partial charge in [0.15, 0.2) is 0 Å². The van der Waals surface area contributed by atoms with Crippen LogP contribution >= 0.6 is 0 Å². The van der Waals surface area contributed by atoms with Gasteiger partial charge in [0.2, 0.25) is 23.6 Å². The van der Waals surface area contributed by atoms with E-state index in [2.05, 4.69) is 49.3 Å². The molecule has 21 heteroatoms. The fraction of sp³-hybridized carbons (Fsp3) is 0.600. The molecule has 3 fully saturated rings. The molecule has 0 radical (unpaired) electrons. The maximum Gasteiger partial charge on any atom is 0.406 e. The average molecular weight is 1060 g/mol. The zero-order valence-electron chi connectivity index (χ0n) is 45.4. The molecular formula is C55H73F3N10O8. The van der Waals surface area contributed by atoms with Crippen molar-refractivity contribution in [1.29, 1.82) is 0 Å². The summed E-state index contributed by atoms with van der Waals surface area (Å²) in [7, 11) is 3.02. The van der Waals surface area contributed by atoms with Crippen molar-refractivity contribution in [3.8, 4) is 23.3 Å². The number of allylic oxidation sites excluding steroid dienone is 2. The molecular weight excluding hydrogens is 986 g/mol. The first-order valence-electron chi connectivity index (χ1n) is 26.1. The predicted octanol–water partition coefficient (Wildman–Crippen LogP) is 5.79. The first-order valence-corrected chi connectivity index (χ1v) is 26.1. The summed E-state index contributed by atoms with van der Waals surface area (Å²) < 4.78 is 63.8. The quantitative estimate of drug-likeness (QED) is 0.0907. The van der Waals surface area contributed by atoms with Crippen molar-refractivity contribution < 1.29 is 51.0 Å². The zero-order valence-corrected chi connectivity index (χ0v) is 45.4. The van der Waals surface area contributed by atoms with Crippen molar-refractivity contribution in [2.75, 3.05) is 60.1 Å². The van der Waals surface area contributed by atoms with Crippen molar-refractivity contribution in [2.45, 2.75) is 136 Å². The summed E-state index contributed by atoms with van der Waals surface area (Å²) in [5.74, 6) is 2.83. The molecule has 412 valence electrons. The van der Waals surface area contributed by atoms with Crippen LogP contribution in [0, 0.1) is 29.1 Å². The predicted molar refractivity (Wildman–Crippen MR) is 280 cm³/mol. The molecule has 1 aromatic carbocycles. The number of nitrogens with one attached hydrogen (secondary N) is 2. The molecule has 0 saturated carbocycles. The molecule has 5 atom stereocenters. The lowest BCUT2D eigenvalue weighted by Crippen LogP contribution is -2.66. The monoisotopic (exact) mass is 1060 g/mol. The van der Waals surface area contributed by atoms with Gasteiger partial charge in [0.25, 0.3) is 11.8 Å². The number of likely N-dealkylation sites (N-methyl/N-ethyl adjacent to an activating group) is 1. The summed E-state index contributed by atoms with van der Waals surface area (Å²) in [6.45, 7) is 19.8. The van der Waals surface area contributed by atoms with Gasteiger partial charge in [0.05, 0.1) is 48.6 Å². The normalized spacial score (nSPS) is 22.8. The third kappa shape index (κ3) is 12.6. The number of hydrogen-bond acceptors (Lipinski definition) is 13. The number of nitrogens with zero attached hydrogens (tertiary/aromatic N) is 8. The number of ether oxygens (including phenoxy) is 2. The summed E-state index contributed by atoms with van der Waals surface area (Å²) in [6.07, 6.45) is 0.438. The summed E-state index contributed by atoms with van der Waals surface area (Å²) in [4.78, 5) is 79.7. The number of aromatic nitrogens is 3. The van der Waals surface area contributed by atoms with Gasteiger partial charge < -0.3 is 38.4 Å². The van der Waals surface area contributed by atoms with Crippen molar-refractivity contribution in [2.24, 2.45) is 22.2 Å². The molecule has 3 saturated heterocycles. The Morgan fingerprint density at radius 2 is 1.84 bits per heavy atom. The maximum absolute atomic E-state index is 14.8. The number of fused-ring (bicyclic) bond motifs is 6. The molecule has 4 aliphatic heterocycles. The highest BCUT2D eigenvalue weighted by atomic mass is 19.4. The first kappa shape index (κ1) is 57.5. The van der Waals surface area contributed by atoms with E-state index in [1.54, 1.807) is 57.0 Å². The van der Waals surface area contributed by atoms with Crippen LogP contribution in [0.25, 0.3) is 27.9 Å². The minimum atomic E-state index is -4.65. The van der Waals surface area contributed by atoms with Gasteiger partial charge in [-0.25, -0.2) is 5.43 Å². The van der Waals surface area contributed by atoms with Crippen LogP contribution in [0.5, 0.6) is 0 Å². The Kier molecular flexibility index (Phi) is 17.5. The zero-order chi connectivity index (χ0) is 55.5. The molecule has 0 aliphatic carbocycles. The Balaban J connectivity index is 1.25. The van der Waals surface area contributed by atoms with Crippen LogP contribution in [-0.4, -0.2) is 166 Å². The van der Waals surface area contributed by atoms with Crippen LogP contribution in [0.15, 0.2) is 46.0 Å². The van der Waals surface area contributed by atoms with Crippen LogP contribution in [-0.2, 0) is 52.8 Å². The van der Waals surface area contributed by atoms with E-state index in [0.717, 1.165) is 19.5 Å². The number of likely N-dealkylation sites (tertiary alicyclic amines) is 2. The number of carbonyl (C=O) groups is 5. The molecule has 6 heterocycles. The molecule has 6 bridgehead atoms. The largest absolute Gasteiger partial charge is 0.421 e. The van der Waals surface area contributed by atoms with Crippen molar-refractivity contribution in [3.05, 3.63) is 53.7 Å². The Bertz CT molecular complexity index is 2820. The Morgan fingerprint density at radius 3 is 2.47 bits per heavy atom. The second-order valence-corrected chi connectivity index (χ2v) is 22.1. The van der Waals surface area contributed by atoms with Gasteiger partial charge in [0, 0.05) is 75.1 Å². The number of amides is 4. The first-order chi connectivity index (χ1) is 35.8. The minimum absolute atomic E-state index is 0.00523. The smallest absolute Gasteiger partial charge is 0.406 e. The second-order valence-electron chi connectivity index (χ2n) is 22.1. The molecule has 0 spiro atoms. The Hall–Kier alpha value is -6.21. The van der Waals surface area contributed by atoms with Crippen molar-refractivity contribution in [1.82, 2.24) is 45.2 Å². The molecule has 4 aliphatic rings. The van der Waals surface area contributed by atoms with Crippen molar-refractivity contribution in [3.63, 3.8) is 0 Å². The standard InChI is InChI=1S/C55H73F3N10O8/c1-12-38(45(59-13-2)35(5)74-11)47-40-28-52(6,7)32-75-33-54(31-69)20-14-24-68(63-54)51(73)41(27-43-61-62-49(76-43)36-16-17-42(39(40)26-36)67(47)30-55(56,57)58)60-48(71)46(34(3)4)64(10)50(72)37-19-25-65(29-37)44(70)18-21-53(8,9)66-22-15-23-66/h12-13,16-17,26,31,34-35,37,41,46,63H,1,14-15,19-20,22-25,27-30,32-33H2,2-11H3,(H,60,71)/b45-38+,59-13?/t35-,37-,41-,46-,54-/m0/s1. The maximum atomic E-state index is 14.8. The number of aldehydes is 1. The topological polar surface area (TPSA) is 197 Å². The summed E-state index contributed by atoms with van der Waals surface area (Å²) in [5, 5.41) is 13.2. The van der Waals surface area contributed by atoms with E-state index < -0.39 is 71.1 Å². The van der Waals surface area contributed by atoms with Crippen molar-refractivity contribution >= 4 is 52.6 Å². The molecule has 4 amide bonds. The minimum Gasteiger partial charge on any atom is -0.421 e. The van der Waals surface area contributed by atoms with Gasteiger partial charge in [-0.3, -0.25) is 34.1 Å². The number of carbonyl (C=O) groups excluding carboxylic acids is 5. The number of hydrogen-bond donors (Lipinski definition) is 2.